The molecule has 0 spiro atoms. The van der Waals surface area contributed by atoms with Crippen LogP contribution >= 0.6 is 15.9 Å². The van der Waals surface area contributed by atoms with Crippen molar-refractivity contribution in [1.29, 1.82) is 0 Å². The number of halogens is 4. The zero-order chi connectivity index (χ0) is 16.5. The lowest BCUT2D eigenvalue weighted by molar-refractivity contribution is -0.144. The van der Waals surface area contributed by atoms with Gasteiger partial charge in [-0.15, -0.1) is 0 Å². The molecule has 0 aliphatic rings. The Balaban J connectivity index is 2.26. The summed E-state index contributed by atoms with van der Waals surface area (Å²) >= 11 is 2.81. The van der Waals surface area contributed by atoms with E-state index in [1.807, 2.05) is 19.1 Å². The number of alkyl halides is 3. The van der Waals surface area contributed by atoms with E-state index in [0.29, 0.717) is 10.4 Å². The molecule has 0 atom stereocenters. The molecule has 22 heavy (non-hydrogen) atoms. The van der Waals surface area contributed by atoms with Crippen molar-refractivity contribution in [1.82, 2.24) is 9.78 Å². The third kappa shape index (κ3) is 3.32. The van der Waals surface area contributed by atoms with E-state index < -0.39 is 17.8 Å². The highest BCUT2D eigenvalue weighted by Crippen LogP contribution is 2.36. The Morgan fingerprint density at radius 2 is 1.91 bits per heavy atom. The zero-order valence-corrected chi connectivity index (χ0v) is 13.4. The first-order valence-electron chi connectivity index (χ1n) is 6.44. The van der Waals surface area contributed by atoms with Crippen molar-refractivity contribution in [2.24, 2.45) is 7.05 Å². The molecule has 0 aliphatic heterocycles. The Morgan fingerprint density at radius 1 is 1.32 bits per heavy atom. The smallest absolute Gasteiger partial charge is 0.321 e. The minimum absolute atomic E-state index is 0.311. The topological polar surface area (TPSA) is 46.9 Å². The molecule has 0 fully saturated rings. The molecule has 0 bridgehead atoms. The lowest BCUT2D eigenvalue weighted by Crippen LogP contribution is -2.13. The van der Waals surface area contributed by atoms with Crippen molar-refractivity contribution >= 4 is 27.5 Å². The van der Waals surface area contributed by atoms with Gasteiger partial charge in [-0.25, -0.2) is 0 Å². The summed E-state index contributed by atoms with van der Waals surface area (Å²) in [5, 5.41) is 6.17. The molecule has 1 N–H and O–H groups in total. The molecule has 8 heteroatoms. The molecule has 118 valence electrons. The van der Waals surface area contributed by atoms with Crippen molar-refractivity contribution in [2.45, 2.75) is 19.5 Å². The van der Waals surface area contributed by atoms with E-state index in [-0.39, 0.29) is 10.2 Å². The summed E-state index contributed by atoms with van der Waals surface area (Å²) in [5.74, 6) is -0.706. The van der Waals surface area contributed by atoms with E-state index in [1.54, 1.807) is 12.1 Å². The van der Waals surface area contributed by atoms with Crippen molar-refractivity contribution in [3.05, 3.63) is 45.7 Å². The van der Waals surface area contributed by atoms with E-state index in [0.717, 1.165) is 19.0 Å². The number of hydrogen-bond donors (Lipinski definition) is 1. The van der Waals surface area contributed by atoms with Crippen LogP contribution < -0.4 is 5.32 Å². The van der Waals surface area contributed by atoms with Crippen LogP contribution in [0.5, 0.6) is 0 Å². The van der Waals surface area contributed by atoms with Crippen LogP contribution in [0.2, 0.25) is 0 Å². The number of aryl methyl sites for hydroxylation is 2. The maximum Gasteiger partial charge on any atom is 0.434 e. The highest BCUT2D eigenvalue weighted by molar-refractivity contribution is 9.10. The fourth-order valence-corrected chi connectivity index (χ4v) is 2.71. The number of nitrogens with zero attached hydrogens (tertiary/aromatic N) is 2. The first kappa shape index (κ1) is 16.5. The number of aromatic nitrogens is 2. The van der Waals surface area contributed by atoms with E-state index in [4.69, 9.17) is 0 Å². The van der Waals surface area contributed by atoms with E-state index in [1.165, 1.54) is 0 Å². The number of carbonyl (C=O) groups is 1. The van der Waals surface area contributed by atoms with Crippen LogP contribution in [0.15, 0.2) is 28.7 Å². The summed E-state index contributed by atoms with van der Waals surface area (Å²) < 4.78 is 38.9. The molecule has 2 rings (SSSR count). The standard InChI is InChI=1S/C14H13BrF3N3O/c1-3-8-4-6-9(7-5-8)19-13(22)11-10(15)12(14(16,17)18)21(2)20-11/h4-7H,3H2,1-2H3,(H,19,22). The van der Waals surface area contributed by atoms with E-state index in [2.05, 4.69) is 26.3 Å². The third-order valence-electron chi connectivity index (χ3n) is 3.09. The Hall–Kier alpha value is -1.83. The number of benzene rings is 1. The predicted molar refractivity (Wildman–Crippen MR) is 79.7 cm³/mol. The lowest BCUT2D eigenvalue weighted by Gasteiger charge is -2.06. The van der Waals surface area contributed by atoms with Gasteiger partial charge in [0, 0.05) is 12.7 Å². The van der Waals surface area contributed by atoms with Gasteiger partial charge in [0.05, 0.1) is 4.47 Å². The Bertz CT molecular complexity index is 693. The van der Waals surface area contributed by atoms with Crippen molar-refractivity contribution in [3.8, 4) is 0 Å². The van der Waals surface area contributed by atoms with Gasteiger partial charge in [0.15, 0.2) is 11.4 Å². The maximum absolute atomic E-state index is 12.9. The number of anilines is 1. The summed E-state index contributed by atoms with van der Waals surface area (Å²) in [6, 6.07) is 7.06. The van der Waals surface area contributed by atoms with Crippen LogP contribution in [0.1, 0.15) is 28.7 Å². The SMILES string of the molecule is CCc1ccc(NC(=O)c2nn(C)c(C(F)(F)F)c2Br)cc1. The molecule has 1 aromatic carbocycles. The molecule has 1 aromatic heterocycles. The molecular formula is C14H13BrF3N3O. The summed E-state index contributed by atoms with van der Waals surface area (Å²) in [5.41, 5.74) is 0.276. The van der Waals surface area contributed by atoms with Crippen LogP contribution in [0, 0.1) is 0 Å². The number of rotatable bonds is 3. The zero-order valence-electron chi connectivity index (χ0n) is 11.8. The van der Waals surface area contributed by atoms with Crippen LogP contribution in [0.25, 0.3) is 0 Å². The summed E-state index contributed by atoms with van der Waals surface area (Å²) in [4.78, 5) is 12.1. The van der Waals surface area contributed by atoms with Crippen LogP contribution in [-0.2, 0) is 19.6 Å². The second-order valence-corrected chi connectivity index (χ2v) is 5.43. The van der Waals surface area contributed by atoms with Gasteiger partial charge >= 0.3 is 6.18 Å². The third-order valence-corrected chi connectivity index (χ3v) is 3.84. The quantitative estimate of drug-likeness (QED) is 0.880. The van der Waals surface area contributed by atoms with Gasteiger partial charge < -0.3 is 5.32 Å². The molecule has 0 saturated carbocycles. The Labute approximate surface area is 133 Å². The Kier molecular flexibility index (Phi) is 4.60. The highest BCUT2D eigenvalue weighted by atomic mass is 79.9. The summed E-state index contributed by atoms with van der Waals surface area (Å²) in [6.07, 6.45) is -3.74. The summed E-state index contributed by atoms with van der Waals surface area (Å²) in [6.45, 7) is 2.00. The minimum Gasteiger partial charge on any atom is -0.321 e. The average molecular weight is 376 g/mol. The number of nitrogens with one attached hydrogen (secondary N) is 1. The summed E-state index contributed by atoms with van der Waals surface area (Å²) in [7, 11) is 1.14. The molecule has 4 nitrogen and oxygen atoms in total. The largest absolute Gasteiger partial charge is 0.434 e. The lowest BCUT2D eigenvalue weighted by atomic mass is 10.1. The number of hydrogen-bond acceptors (Lipinski definition) is 2. The molecule has 2 aromatic rings. The molecule has 1 heterocycles. The van der Waals surface area contributed by atoms with E-state index >= 15 is 0 Å². The maximum atomic E-state index is 12.9. The fraction of sp³-hybridized carbons (Fsp3) is 0.286. The molecule has 1 amide bonds. The van der Waals surface area contributed by atoms with Crippen LogP contribution in [0.3, 0.4) is 0 Å². The molecule has 0 unspecified atom stereocenters. The van der Waals surface area contributed by atoms with Gasteiger partial charge in [-0.1, -0.05) is 19.1 Å². The van der Waals surface area contributed by atoms with Gasteiger partial charge in [0.1, 0.15) is 0 Å². The average Bonchev–Trinajstić information content (AvgIpc) is 2.74. The first-order chi connectivity index (χ1) is 10.2. The highest BCUT2D eigenvalue weighted by Gasteiger charge is 2.39. The normalized spacial score (nSPS) is 11.5. The Morgan fingerprint density at radius 3 is 2.36 bits per heavy atom. The second kappa shape index (κ2) is 6.12. The van der Waals surface area contributed by atoms with Gasteiger partial charge in [0.2, 0.25) is 0 Å². The van der Waals surface area contributed by atoms with Gasteiger partial charge in [0.25, 0.3) is 5.91 Å². The van der Waals surface area contributed by atoms with Crippen LogP contribution in [0.4, 0.5) is 18.9 Å². The van der Waals surface area contributed by atoms with Gasteiger partial charge in [-0.2, -0.15) is 18.3 Å². The monoisotopic (exact) mass is 375 g/mol. The molecule has 0 saturated heterocycles. The minimum atomic E-state index is -4.60. The molecule has 0 radical (unpaired) electrons. The van der Waals surface area contributed by atoms with Crippen molar-refractivity contribution in [2.75, 3.05) is 5.32 Å². The first-order valence-corrected chi connectivity index (χ1v) is 7.23. The molecular weight excluding hydrogens is 363 g/mol. The van der Waals surface area contributed by atoms with E-state index in [9.17, 15) is 18.0 Å². The van der Waals surface area contributed by atoms with Crippen molar-refractivity contribution in [3.63, 3.8) is 0 Å². The van der Waals surface area contributed by atoms with Crippen molar-refractivity contribution < 1.29 is 18.0 Å². The van der Waals surface area contributed by atoms with Crippen LogP contribution in [-0.4, -0.2) is 15.7 Å². The second-order valence-electron chi connectivity index (χ2n) is 4.64. The van der Waals surface area contributed by atoms with Gasteiger partial charge in [-0.3, -0.25) is 9.48 Å². The fourth-order valence-electron chi connectivity index (χ4n) is 1.97. The van der Waals surface area contributed by atoms with Gasteiger partial charge in [-0.05, 0) is 40.0 Å². The molecule has 0 aliphatic carbocycles. The predicted octanol–water partition coefficient (Wildman–Crippen LogP) is 4.02. The number of amides is 1. The number of carbonyl (C=O) groups excluding carboxylic acids is 1.